The monoisotopic (exact) mass is 514 g/mol. The van der Waals surface area contributed by atoms with Crippen LogP contribution in [0.15, 0.2) is 96.2 Å². The third-order valence-corrected chi connectivity index (χ3v) is 7.13. The molecule has 1 heterocycles. The minimum Gasteiger partial charge on any atom is -0.348 e. The van der Waals surface area contributed by atoms with Gasteiger partial charge >= 0.3 is 0 Å². The van der Waals surface area contributed by atoms with Gasteiger partial charge in [-0.25, -0.2) is 8.42 Å². The van der Waals surface area contributed by atoms with Gasteiger partial charge in [-0.2, -0.15) is 0 Å². The molecule has 0 atom stereocenters. The van der Waals surface area contributed by atoms with Crippen LogP contribution in [0.2, 0.25) is 0 Å². The summed E-state index contributed by atoms with van der Waals surface area (Å²) >= 11 is 0. The lowest BCUT2D eigenvalue weighted by atomic mass is 10.1. The Hall–Kier alpha value is -4.50. The number of sulfonamides is 1. The van der Waals surface area contributed by atoms with E-state index in [0.717, 1.165) is 11.1 Å². The first-order valence-electron chi connectivity index (χ1n) is 11.5. The Labute approximate surface area is 215 Å². The molecule has 8 nitrogen and oxygen atoms in total. The highest BCUT2D eigenvalue weighted by Crippen LogP contribution is 2.23. The van der Waals surface area contributed by atoms with Gasteiger partial charge in [0.25, 0.3) is 21.8 Å². The molecule has 3 aromatic carbocycles. The number of nitrogens with one attached hydrogen (secondary N) is 3. The molecule has 0 saturated heterocycles. The van der Waals surface area contributed by atoms with E-state index in [-0.39, 0.29) is 28.5 Å². The second-order valence-electron chi connectivity index (χ2n) is 8.50. The maximum Gasteiger partial charge on any atom is 0.262 e. The zero-order valence-corrected chi connectivity index (χ0v) is 21.2. The number of para-hydroxylation sites is 1. The maximum atomic E-state index is 13.1. The van der Waals surface area contributed by atoms with Crippen LogP contribution in [-0.2, 0) is 16.6 Å². The number of pyridine rings is 1. The number of rotatable bonds is 8. The molecule has 9 heteroatoms. The fourth-order valence-electron chi connectivity index (χ4n) is 3.71. The molecule has 1 aromatic heterocycles. The van der Waals surface area contributed by atoms with Crippen molar-refractivity contribution < 1.29 is 18.0 Å². The third-order valence-electron chi connectivity index (χ3n) is 5.61. The molecule has 0 fully saturated rings. The summed E-state index contributed by atoms with van der Waals surface area (Å²) in [6.45, 7) is 3.81. The van der Waals surface area contributed by atoms with Crippen molar-refractivity contribution in [3.63, 3.8) is 0 Å². The predicted octanol–water partition coefficient (Wildman–Crippen LogP) is 4.68. The Bertz CT molecular complexity index is 1550. The number of aryl methyl sites for hydroxylation is 2. The zero-order chi connectivity index (χ0) is 26.4. The van der Waals surface area contributed by atoms with Crippen LogP contribution in [0.4, 0.5) is 11.4 Å². The van der Waals surface area contributed by atoms with Crippen molar-refractivity contribution in [3.05, 3.63) is 119 Å². The van der Waals surface area contributed by atoms with Crippen molar-refractivity contribution in [2.24, 2.45) is 0 Å². The second kappa shape index (κ2) is 11.0. The topological polar surface area (TPSA) is 117 Å². The summed E-state index contributed by atoms with van der Waals surface area (Å²) in [6, 6.07) is 21.7. The van der Waals surface area contributed by atoms with E-state index in [9.17, 15) is 18.0 Å². The molecule has 188 valence electrons. The maximum absolute atomic E-state index is 13.1. The molecule has 0 spiro atoms. The third kappa shape index (κ3) is 6.39. The van der Waals surface area contributed by atoms with Crippen LogP contribution in [0, 0.1) is 13.8 Å². The summed E-state index contributed by atoms with van der Waals surface area (Å²) in [5.41, 5.74) is 3.39. The SMILES string of the molecule is Cc1cccc(NS(=O)(=O)c2cc(C(=O)Nc3ccccc3C(=O)NCc3cccnc3)ccc2C)c1. The zero-order valence-electron chi connectivity index (χ0n) is 20.4. The summed E-state index contributed by atoms with van der Waals surface area (Å²) < 4.78 is 28.8. The van der Waals surface area contributed by atoms with Crippen molar-refractivity contribution in [2.45, 2.75) is 25.3 Å². The largest absolute Gasteiger partial charge is 0.348 e. The van der Waals surface area contributed by atoms with Gasteiger partial charge in [0, 0.05) is 30.2 Å². The predicted molar refractivity (Wildman–Crippen MR) is 143 cm³/mol. The lowest BCUT2D eigenvalue weighted by Gasteiger charge is -2.14. The average molecular weight is 515 g/mol. The van der Waals surface area contributed by atoms with E-state index in [0.29, 0.717) is 16.9 Å². The lowest BCUT2D eigenvalue weighted by molar-refractivity contribution is 0.0951. The highest BCUT2D eigenvalue weighted by Gasteiger charge is 2.20. The molecule has 0 saturated carbocycles. The second-order valence-corrected chi connectivity index (χ2v) is 10.1. The molecule has 4 aromatic rings. The van der Waals surface area contributed by atoms with Crippen LogP contribution in [0.5, 0.6) is 0 Å². The van der Waals surface area contributed by atoms with Crippen LogP contribution in [0.25, 0.3) is 0 Å². The molecule has 4 rings (SSSR count). The number of benzene rings is 3. The average Bonchev–Trinajstić information content (AvgIpc) is 2.88. The van der Waals surface area contributed by atoms with E-state index in [2.05, 4.69) is 20.3 Å². The number of anilines is 2. The molecule has 3 N–H and O–H groups in total. The highest BCUT2D eigenvalue weighted by atomic mass is 32.2. The Balaban J connectivity index is 1.53. The van der Waals surface area contributed by atoms with Crippen LogP contribution >= 0.6 is 0 Å². The van der Waals surface area contributed by atoms with E-state index in [4.69, 9.17) is 0 Å². The van der Waals surface area contributed by atoms with Gasteiger partial charge in [0.1, 0.15) is 0 Å². The van der Waals surface area contributed by atoms with Crippen LogP contribution < -0.4 is 15.4 Å². The fourth-order valence-corrected chi connectivity index (χ4v) is 5.04. The summed E-state index contributed by atoms with van der Waals surface area (Å²) in [6.07, 6.45) is 3.31. The van der Waals surface area contributed by atoms with Crippen LogP contribution in [0.1, 0.15) is 37.4 Å². The number of hydrogen-bond donors (Lipinski definition) is 3. The molecular weight excluding hydrogens is 488 g/mol. The molecule has 2 amide bonds. The minimum atomic E-state index is -3.94. The van der Waals surface area contributed by atoms with Crippen molar-refractivity contribution in [1.82, 2.24) is 10.3 Å². The van der Waals surface area contributed by atoms with E-state index < -0.39 is 15.9 Å². The summed E-state index contributed by atoms with van der Waals surface area (Å²) in [7, 11) is -3.94. The van der Waals surface area contributed by atoms with Crippen molar-refractivity contribution in [1.29, 1.82) is 0 Å². The quantitative estimate of drug-likeness (QED) is 0.316. The summed E-state index contributed by atoms with van der Waals surface area (Å²) in [5, 5.41) is 5.55. The molecule has 0 aliphatic carbocycles. The fraction of sp³-hybridized carbons (Fsp3) is 0.107. The van der Waals surface area contributed by atoms with Gasteiger partial charge in [-0.05, 0) is 73.0 Å². The van der Waals surface area contributed by atoms with E-state index in [1.807, 2.05) is 19.1 Å². The van der Waals surface area contributed by atoms with Gasteiger partial charge in [0.2, 0.25) is 0 Å². The molecule has 0 unspecified atom stereocenters. The summed E-state index contributed by atoms with van der Waals surface area (Å²) in [4.78, 5) is 29.9. The Morgan fingerprint density at radius 3 is 2.43 bits per heavy atom. The van der Waals surface area contributed by atoms with E-state index >= 15 is 0 Å². The number of amides is 2. The van der Waals surface area contributed by atoms with Gasteiger partial charge in [-0.15, -0.1) is 0 Å². The van der Waals surface area contributed by atoms with E-state index in [1.165, 1.54) is 6.07 Å². The van der Waals surface area contributed by atoms with Crippen LogP contribution in [-0.4, -0.2) is 25.2 Å². The number of carbonyl (C=O) groups is 2. The number of aromatic nitrogens is 1. The smallest absolute Gasteiger partial charge is 0.262 e. The molecule has 37 heavy (non-hydrogen) atoms. The highest BCUT2D eigenvalue weighted by molar-refractivity contribution is 7.92. The number of carbonyl (C=O) groups excluding carboxylic acids is 2. The summed E-state index contributed by atoms with van der Waals surface area (Å²) in [5.74, 6) is -0.909. The molecule has 0 radical (unpaired) electrons. The normalized spacial score (nSPS) is 11.0. The molecule has 0 aliphatic heterocycles. The molecule has 0 bridgehead atoms. The van der Waals surface area contributed by atoms with Gasteiger partial charge in [0.15, 0.2) is 0 Å². The first-order chi connectivity index (χ1) is 17.7. The number of nitrogens with zero attached hydrogens (tertiary/aromatic N) is 1. The Morgan fingerprint density at radius 2 is 1.68 bits per heavy atom. The van der Waals surface area contributed by atoms with Gasteiger partial charge in [0.05, 0.1) is 16.1 Å². The minimum absolute atomic E-state index is 0.0100. The van der Waals surface area contributed by atoms with Crippen LogP contribution in [0.3, 0.4) is 0 Å². The van der Waals surface area contributed by atoms with Crippen molar-refractivity contribution >= 4 is 33.2 Å². The Morgan fingerprint density at radius 1 is 0.865 bits per heavy atom. The number of hydrogen-bond acceptors (Lipinski definition) is 5. The molecule has 0 aliphatic rings. The van der Waals surface area contributed by atoms with Gasteiger partial charge in [-0.1, -0.05) is 36.4 Å². The lowest BCUT2D eigenvalue weighted by Crippen LogP contribution is -2.25. The van der Waals surface area contributed by atoms with Crippen molar-refractivity contribution in [2.75, 3.05) is 10.0 Å². The standard InChI is InChI=1S/C28H26N4O4S/c1-19-7-5-9-23(15-19)32-37(35,36)26-16-22(13-12-20(26)2)27(33)31-25-11-4-3-10-24(25)28(34)30-18-21-8-6-14-29-17-21/h3-17,32H,18H2,1-2H3,(H,30,34)(H,31,33). The first kappa shape index (κ1) is 25.6. The van der Waals surface area contributed by atoms with Crippen molar-refractivity contribution in [3.8, 4) is 0 Å². The molecular formula is C28H26N4O4S. The Kier molecular flexibility index (Phi) is 7.64. The van der Waals surface area contributed by atoms with E-state index in [1.54, 1.807) is 80.0 Å². The van der Waals surface area contributed by atoms with Gasteiger partial charge in [-0.3, -0.25) is 19.3 Å². The first-order valence-corrected chi connectivity index (χ1v) is 13.0. The van der Waals surface area contributed by atoms with Gasteiger partial charge < -0.3 is 10.6 Å².